The van der Waals surface area contributed by atoms with Crippen LogP contribution >= 0.6 is 0 Å². The zero-order valence-corrected chi connectivity index (χ0v) is 16.3. The van der Waals surface area contributed by atoms with Crippen LogP contribution in [0.25, 0.3) is 0 Å². The molecule has 7 heteroatoms. The van der Waals surface area contributed by atoms with Crippen molar-refractivity contribution in [3.8, 4) is 12.1 Å². The second-order valence-electron chi connectivity index (χ2n) is 7.74. The molecule has 0 aromatic heterocycles. The summed E-state index contributed by atoms with van der Waals surface area (Å²) in [7, 11) is 0. The third-order valence-corrected chi connectivity index (χ3v) is 6.38. The molecule has 2 aliphatic rings. The molecule has 3 atom stereocenters. The number of carbonyl (C=O) groups excluding carboxylic acids is 1. The van der Waals surface area contributed by atoms with Gasteiger partial charge in [0.2, 0.25) is 0 Å². The van der Waals surface area contributed by atoms with Gasteiger partial charge in [0.05, 0.1) is 29.3 Å². The van der Waals surface area contributed by atoms with Crippen LogP contribution in [0.3, 0.4) is 0 Å². The monoisotopic (exact) mass is 398 g/mol. The first-order valence-corrected chi connectivity index (χ1v) is 9.47. The molecule has 0 unspecified atom stereocenters. The Morgan fingerprint density at radius 1 is 1.23 bits per heavy atom. The Labute approximate surface area is 173 Å². The highest BCUT2D eigenvalue weighted by atomic mass is 16.6. The van der Waals surface area contributed by atoms with E-state index in [1.54, 1.807) is 55.5 Å². The molecular weight excluding hydrogens is 380 g/mol. The van der Waals surface area contributed by atoms with Crippen molar-refractivity contribution in [2.45, 2.75) is 24.9 Å². The van der Waals surface area contributed by atoms with Crippen LogP contribution in [0.4, 0.5) is 5.69 Å². The molecule has 30 heavy (non-hydrogen) atoms. The van der Waals surface area contributed by atoms with Crippen molar-refractivity contribution in [1.82, 2.24) is 0 Å². The normalized spacial score (nSPS) is 25.5. The summed E-state index contributed by atoms with van der Waals surface area (Å²) in [6.45, 7) is 5.53. The van der Waals surface area contributed by atoms with Crippen LogP contribution in [0.2, 0.25) is 0 Å². The minimum atomic E-state index is -1.82. The van der Waals surface area contributed by atoms with E-state index in [1.165, 1.54) is 11.0 Å². The number of aryl methyl sites for hydroxylation is 1. The highest BCUT2D eigenvalue weighted by Gasteiger charge is 2.78. The number of hydrogen-bond acceptors (Lipinski definition) is 5. The summed E-state index contributed by atoms with van der Waals surface area (Å²) in [5, 5.41) is 32.7. The predicted octanol–water partition coefficient (Wildman–Crippen LogP) is 3.74. The number of nitro groups is 1. The van der Waals surface area contributed by atoms with E-state index >= 15 is 0 Å². The zero-order chi connectivity index (χ0) is 21.7. The lowest BCUT2D eigenvalue weighted by molar-refractivity contribution is -0.585. The van der Waals surface area contributed by atoms with E-state index in [9.17, 15) is 25.4 Å². The number of anilines is 1. The number of benzene rings is 2. The molecule has 1 saturated carbocycles. The fourth-order valence-electron chi connectivity index (χ4n) is 5.16. The second kappa shape index (κ2) is 6.53. The molecule has 2 aromatic rings. The van der Waals surface area contributed by atoms with Crippen molar-refractivity contribution in [3.63, 3.8) is 0 Å². The highest BCUT2D eigenvalue weighted by molar-refractivity contribution is 6.09. The lowest BCUT2D eigenvalue weighted by atomic mass is 9.77. The van der Waals surface area contributed by atoms with Crippen molar-refractivity contribution in [2.75, 3.05) is 4.90 Å². The van der Waals surface area contributed by atoms with Gasteiger partial charge in [-0.1, -0.05) is 36.4 Å². The van der Waals surface area contributed by atoms with E-state index in [4.69, 9.17) is 0 Å². The van der Waals surface area contributed by atoms with Crippen LogP contribution < -0.4 is 4.90 Å². The highest BCUT2D eigenvalue weighted by Crippen LogP contribution is 2.63. The lowest BCUT2D eigenvalue weighted by Crippen LogP contribution is -2.55. The minimum absolute atomic E-state index is 0.0684. The van der Waals surface area contributed by atoms with Gasteiger partial charge in [0.25, 0.3) is 11.4 Å². The Morgan fingerprint density at radius 3 is 2.47 bits per heavy atom. The van der Waals surface area contributed by atoms with Gasteiger partial charge in [-0.15, -0.1) is 6.58 Å². The average Bonchev–Trinajstić information content (AvgIpc) is 3.25. The summed E-state index contributed by atoms with van der Waals surface area (Å²) in [6.07, 6.45) is 1.37. The number of para-hydroxylation sites is 1. The number of rotatable bonds is 3. The maximum absolute atomic E-state index is 13.6. The van der Waals surface area contributed by atoms with Crippen LogP contribution in [-0.4, -0.2) is 16.9 Å². The molecule has 7 nitrogen and oxygen atoms in total. The molecule has 0 saturated heterocycles. The van der Waals surface area contributed by atoms with Crippen molar-refractivity contribution in [3.05, 3.63) is 88.0 Å². The molecule has 1 heterocycles. The van der Waals surface area contributed by atoms with E-state index < -0.39 is 33.7 Å². The third kappa shape index (κ3) is 2.15. The molecule has 1 amide bonds. The predicted molar refractivity (Wildman–Crippen MR) is 109 cm³/mol. The number of nitriles is 2. The quantitative estimate of drug-likeness (QED) is 0.444. The summed E-state index contributed by atoms with van der Waals surface area (Å²) < 4.78 is 0. The van der Waals surface area contributed by atoms with Gasteiger partial charge in [0.1, 0.15) is 6.04 Å². The Kier molecular flexibility index (Phi) is 4.22. The second-order valence-corrected chi connectivity index (χ2v) is 7.74. The van der Waals surface area contributed by atoms with Gasteiger partial charge in [-0.3, -0.25) is 19.8 Å². The number of nitrogens with zero attached hydrogens (tertiary/aromatic N) is 4. The lowest BCUT2D eigenvalue weighted by Gasteiger charge is -2.32. The van der Waals surface area contributed by atoms with Crippen LogP contribution in [0.5, 0.6) is 0 Å². The molecule has 148 valence electrons. The Morgan fingerprint density at radius 2 is 1.90 bits per heavy atom. The summed E-state index contributed by atoms with van der Waals surface area (Å²) >= 11 is 0. The van der Waals surface area contributed by atoms with E-state index in [0.29, 0.717) is 22.4 Å². The molecular formula is C23H18N4O3. The Balaban J connectivity index is 2.11. The van der Waals surface area contributed by atoms with E-state index in [0.717, 1.165) is 0 Å². The molecule has 1 fully saturated rings. The van der Waals surface area contributed by atoms with Crippen molar-refractivity contribution in [2.24, 2.45) is 11.3 Å². The van der Waals surface area contributed by atoms with Gasteiger partial charge >= 0.3 is 0 Å². The number of fused-ring (bicyclic) bond motifs is 3. The van der Waals surface area contributed by atoms with Crippen LogP contribution in [0, 0.1) is 51.0 Å². The van der Waals surface area contributed by atoms with Gasteiger partial charge in [-0.2, -0.15) is 10.5 Å². The maximum atomic E-state index is 13.6. The fourth-order valence-corrected chi connectivity index (χ4v) is 5.16. The zero-order valence-electron chi connectivity index (χ0n) is 16.3. The number of carbonyl (C=O) groups is 1. The Bertz CT molecular complexity index is 1150. The molecule has 0 spiro atoms. The minimum Gasteiger partial charge on any atom is -0.294 e. The molecule has 0 N–H and O–H groups in total. The van der Waals surface area contributed by atoms with Gasteiger partial charge in [0, 0.05) is 10.5 Å². The summed E-state index contributed by atoms with van der Waals surface area (Å²) in [4.78, 5) is 27.2. The first-order chi connectivity index (χ1) is 14.4. The van der Waals surface area contributed by atoms with Gasteiger partial charge in [0.15, 0.2) is 5.41 Å². The first-order valence-electron chi connectivity index (χ1n) is 9.47. The third-order valence-electron chi connectivity index (χ3n) is 6.38. The van der Waals surface area contributed by atoms with Crippen LogP contribution in [0.15, 0.2) is 61.2 Å². The number of amides is 1. The summed E-state index contributed by atoms with van der Waals surface area (Å²) in [5.74, 6) is -1.26. The number of hydrogen-bond donors (Lipinski definition) is 0. The molecule has 1 aliphatic carbocycles. The standard InChI is InChI=1S/C23H18N4O3/c1-3-17-12-22(13-24,14-25)21-23(17,27(29)30)18-11-7-8-15(2)19(18)26(21)20(28)16-9-5-4-6-10-16/h3-11,17,21H,1,12H2,2H3/t17-,21-,23+/m1/s1. The first kappa shape index (κ1) is 19.4. The van der Waals surface area contributed by atoms with Gasteiger partial charge < -0.3 is 0 Å². The van der Waals surface area contributed by atoms with E-state index in [-0.39, 0.29) is 6.42 Å². The molecule has 1 aliphatic heterocycles. The van der Waals surface area contributed by atoms with E-state index in [2.05, 4.69) is 6.58 Å². The van der Waals surface area contributed by atoms with Gasteiger partial charge in [-0.05, 0) is 37.1 Å². The molecule has 2 aromatic carbocycles. The summed E-state index contributed by atoms with van der Waals surface area (Å²) in [6, 6.07) is 16.3. The topological polar surface area (TPSA) is 111 Å². The van der Waals surface area contributed by atoms with Crippen molar-refractivity contribution < 1.29 is 9.72 Å². The largest absolute Gasteiger partial charge is 0.294 e. The summed E-state index contributed by atoms with van der Waals surface area (Å²) in [5.41, 5.74) is -1.83. The van der Waals surface area contributed by atoms with Crippen LogP contribution in [0.1, 0.15) is 27.9 Å². The molecule has 0 bridgehead atoms. The van der Waals surface area contributed by atoms with E-state index in [1.807, 2.05) is 12.1 Å². The Hall–Kier alpha value is -3.97. The maximum Gasteiger partial charge on any atom is 0.278 e. The SMILES string of the molecule is C=C[C@@H]1CC(C#N)(C#N)[C@H]2N(C(=O)c3ccccc3)c3c(C)cccc3[C@@]12[N+](=O)[O-]. The van der Waals surface area contributed by atoms with Crippen molar-refractivity contribution >= 4 is 11.6 Å². The smallest absolute Gasteiger partial charge is 0.278 e. The fraction of sp³-hybridized carbons (Fsp3) is 0.261. The van der Waals surface area contributed by atoms with Crippen molar-refractivity contribution in [1.29, 1.82) is 10.5 Å². The average molecular weight is 398 g/mol. The van der Waals surface area contributed by atoms with Crippen LogP contribution in [-0.2, 0) is 5.54 Å². The molecule has 0 radical (unpaired) electrons. The molecule has 4 rings (SSSR count). The van der Waals surface area contributed by atoms with Gasteiger partial charge in [-0.25, -0.2) is 0 Å².